The molecule has 1 heterocycles. The second-order valence-corrected chi connectivity index (χ2v) is 4.88. The van der Waals surface area contributed by atoms with Crippen LogP contribution in [0.2, 0.25) is 0 Å². The summed E-state index contributed by atoms with van der Waals surface area (Å²) in [5.74, 6) is 0.706. The average Bonchev–Trinajstić information content (AvgIpc) is 2.16. The fraction of sp³-hybridized carbons (Fsp3) is 0.500. The molecule has 2 nitrogen and oxygen atoms in total. The van der Waals surface area contributed by atoms with Crippen molar-refractivity contribution in [3.05, 3.63) is 24.0 Å². The molecule has 0 spiro atoms. The molecule has 1 aromatic heterocycles. The zero-order valence-corrected chi connectivity index (χ0v) is 10.3. The quantitative estimate of drug-likeness (QED) is 0.719. The Balaban J connectivity index is 2.60. The van der Waals surface area contributed by atoms with E-state index in [2.05, 4.69) is 18.8 Å². The number of ketones is 1. The Bertz CT molecular complexity index is 336. The van der Waals surface area contributed by atoms with Gasteiger partial charge in [-0.25, -0.2) is 0 Å². The van der Waals surface area contributed by atoms with Crippen LogP contribution in [0.5, 0.6) is 0 Å². The van der Waals surface area contributed by atoms with E-state index in [4.69, 9.17) is 0 Å². The molecule has 0 bridgehead atoms. The molecule has 3 heteroatoms. The van der Waals surface area contributed by atoms with Gasteiger partial charge < -0.3 is 0 Å². The lowest BCUT2D eigenvalue weighted by Crippen LogP contribution is -2.07. The highest BCUT2D eigenvalue weighted by Gasteiger charge is 2.07. The number of hydrogen-bond donors (Lipinski definition) is 0. The van der Waals surface area contributed by atoms with Crippen molar-refractivity contribution in [2.45, 2.75) is 31.6 Å². The summed E-state index contributed by atoms with van der Waals surface area (Å²) in [6, 6.07) is 3.95. The molecule has 0 aliphatic rings. The summed E-state index contributed by atoms with van der Waals surface area (Å²) < 4.78 is 0. The lowest BCUT2D eigenvalue weighted by molar-refractivity contribution is -0.119. The first-order valence-corrected chi connectivity index (χ1v) is 6.35. The predicted molar refractivity (Wildman–Crippen MR) is 64.2 cm³/mol. The third-order valence-corrected chi connectivity index (χ3v) is 2.76. The SMILES string of the molecule is CSc1ccnc(CC(=O)CC(C)C)c1. The number of thioether (sulfide) groups is 1. The summed E-state index contributed by atoms with van der Waals surface area (Å²) in [6.45, 7) is 4.12. The van der Waals surface area contributed by atoms with Crippen LogP contribution in [0.15, 0.2) is 23.2 Å². The fourth-order valence-electron chi connectivity index (χ4n) is 1.41. The van der Waals surface area contributed by atoms with Crippen molar-refractivity contribution in [2.24, 2.45) is 5.92 Å². The minimum atomic E-state index is 0.274. The number of pyridine rings is 1. The van der Waals surface area contributed by atoms with Crippen LogP contribution >= 0.6 is 11.8 Å². The van der Waals surface area contributed by atoms with Gasteiger partial charge in [0.2, 0.25) is 0 Å². The maximum atomic E-state index is 11.6. The van der Waals surface area contributed by atoms with Crippen molar-refractivity contribution in [3.8, 4) is 0 Å². The molecule has 0 aliphatic carbocycles. The smallest absolute Gasteiger partial charge is 0.139 e. The molecule has 0 fully saturated rings. The van der Waals surface area contributed by atoms with Crippen LogP contribution in [0, 0.1) is 5.92 Å². The van der Waals surface area contributed by atoms with Crippen molar-refractivity contribution in [2.75, 3.05) is 6.26 Å². The van der Waals surface area contributed by atoms with E-state index < -0.39 is 0 Å². The van der Waals surface area contributed by atoms with Gasteiger partial charge in [-0.05, 0) is 24.3 Å². The van der Waals surface area contributed by atoms with Crippen LogP contribution in [0.25, 0.3) is 0 Å². The van der Waals surface area contributed by atoms with Crippen molar-refractivity contribution in [1.29, 1.82) is 0 Å². The van der Waals surface area contributed by atoms with E-state index in [0.717, 1.165) is 10.6 Å². The van der Waals surface area contributed by atoms with Crippen LogP contribution < -0.4 is 0 Å². The van der Waals surface area contributed by atoms with Crippen LogP contribution in [0.4, 0.5) is 0 Å². The summed E-state index contributed by atoms with van der Waals surface area (Å²) >= 11 is 1.67. The topological polar surface area (TPSA) is 30.0 Å². The summed E-state index contributed by atoms with van der Waals surface area (Å²) in [7, 11) is 0. The van der Waals surface area contributed by atoms with Crippen molar-refractivity contribution in [1.82, 2.24) is 4.98 Å². The number of rotatable bonds is 5. The van der Waals surface area contributed by atoms with Gasteiger partial charge in [0, 0.05) is 29.6 Å². The summed E-state index contributed by atoms with van der Waals surface area (Å²) in [4.78, 5) is 16.9. The first-order chi connectivity index (χ1) is 7.11. The lowest BCUT2D eigenvalue weighted by Gasteiger charge is -2.04. The van der Waals surface area contributed by atoms with E-state index in [0.29, 0.717) is 18.8 Å². The standard InChI is InChI=1S/C12H17NOS/c1-9(2)6-11(14)7-10-8-12(15-3)4-5-13-10/h4-5,8-9H,6-7H2,1-3H3. The first-order valence-electron chi connectivity index (χ1n) is 5.12. The van der Waals surface area contributed by atoms with Gasteiger partial charge in [-0.3, -0.25) is 9.78 Å². The van der Waals surface area contributed by atoms with Crippen molar-refractivity contribution in [3.63, 3.8) is 0 Å². The van der Waals surface area contributed by atoms with Crippen molar-refractivity contribution >= 4 is 17.5 Å². The Kier molecular flexibility index (Phi) is 4.82. The minimum absolute atomic E-state index is 0.274. The van der Waals surface area contributed by atoms with Crippen LogP contribution in [0.1, 0.15) is 26.0 Å². The molecule has 0 unspecified atom stereocenters. The zero-order chi connectivity index (χ0) is 11.3. The van der Waals surface area contributed by atoms with Gasteiger partial charge in [0.05, 0.1) is 0 Å². The second kappa shape index (κ2) is 5.91. The Morgan fingerprint density at radius 2 is 2.27 bits per heavy atom. The zero-order valence-electron chi connectivity index (χ0n) is 9.49. The Hall–Kier alpha value is -0.830. The molecule has 0 aliphatic heterocycles. The third kappa shape index (κ3) is 4.47. The second-order valence-electron chi connectivity index (χ2n) is 4.00. The van der Waals surface area contributed by atoms with Crippen molar-refractivity contribution < 1.29 is 4.79 Å². The minimum Gasteiger partial charge on any atom is -0.299 e. The Morgan fingerprint density at radius 1 is 1.53 bits per heavy atom. The van der Waals surface area contributed by atoms with Gasteiger partial charge in [-0.2, -0.15) is 0 Å². The van der Waals surface area contributed by atoms with Gasteiger partial charge >= 0.3 is 0 Å². The molecule has 0 N–H and O–H groups in total. The fourth-order valence-corrected chi connectivity index (χ4v) is 1.86. The van der Waals surface area contributed by atoms with E-state index in [9.17, 15) is 4.79 Å². The van der Waals surface area contributed by atoms with Gasteiger partial charge in [-0.15, -0.1) is 11.8 Å². The molecule has 0 atom stereocenters. The molecule has 1 rings (SSSR count). The molecule has 0 radical (unpaired) electrons. The molecule has 0 amide bonds. The van der Waals surface area contributed by atoms with Gasteiger partial charge in [0.15, 0.2) is 0 Å². The Labute approximate surface area is 95.5 Å². The first kappa shape index (κ1) is 12.2. The van der Waals surface area contributed by atoms with Crippen LogP contribution in [-0.4, -0.2) is 17.0 Å². The molecule has 1 aromatic rings. The highest BCUT2D eigenvalue weighted by molar-refractivity contribution is 7.98. The van der Waals surface area contributed by atoms with Gasteiger partial charge in [0.1, 0.15) is 5.78 Å². The number of nitrogens with zero attached hydrogens (tertiary/aromatic N) is 1. The largest absolute Gasteiger partial charge is 0.299 e. The number of hydrogen-bond acceptors (Lipinski definition) is 3. The Morgan fingerprint density at radius 3 is 2.87 bits per heavy atom. The molecule has 0 saturated carbocycles. The summed E-state index contributed by atoms with van der Waals surface area (Å²) in [6.07, 6.45) is 4.90. The average molecular weight is 223 g/mol. The summed E-state index contributed by atoms with van der Waals surface area (Å²) in [5, 5.41) is 0. The number of carbonyl (C=O) groups is 1. The van der Waals surface area contributed by atoms with Crippen LogP contribution in [-0.2, 0) is 11.2 Å². The normalized spacial score (nSPS) is 10.7. The molecule has 0 aromatic carbocycles. The number of Topliss-reactive ketones (excluding diaryl/α,β-unsaturated/α-hetero) is 1. The van der Waals surface area contributed by atoms with E-state index in [1.54, 1.807) is 18.0 Å². The van der Waals surface area contributed by atoms with E-state index >= 15 is 0 Å². The molecule has 82 valence electrons. The highest BCUT2D eigenvalue weighted by atomic mass is 32.2. The van der Waals surface area contributed by atoms with E-state index in [1.807, 2.05) is 18.4 Å². The van der Waals surface area contributed by atoms with E-state index in [-0.39, 0.29) is 5.78 Å². The molecular weight excluding hydrogens is 206 g/mol. The summed E-state index contributed by atoms with van der Waals surface area (Å²) in [5.41, 5.74) is 0.882. The maximum absolute atomic E-state index is 11.6. The third-order valence-electron chi connectivity index (χ3n) is 2.04. The number of carbonyl (C=O) groups excluding carboxylic acids is 1. The highest BCUT2D eigenvalue weighted by Crippen LogP contribution is 2.15. The molecule has 15 heavy (non-hydrogen) atoms. The molecule has 0 saturated heterocycles. The van der Waals surface area contributed by atoms with Crippen LogP contribution in [0.3, 0.4) is 0 Å². The maximum Gasteiger partial charge on any atom is 0.139 e. The lowest BCUT2D eigenvalue weighted by atomic mass is 10.0. The number of aromatic nitrogens is 1. The van der Waals surface area contributed by atoms with Gasteiger partial charge in [-0.1, -0.05) is 13.8 Å². The van der Waals surface area contributed by atoms with E-state index in [1.165, 1.54) is 0 Å². The monoisotopic (exact) mass is 223 g/mol. The van der Waals surface area contributed by atoms with Gasteiger partial charge in [0.25, 0.3) is 0 Å². The molecular formula is C12H17NOS. The predicted octanol–water partition coefficient (Wildman–Crippen LogP) is 2.96.